The van der Waals surface area contributed by atoms with Crippen molar-refractivity contribution in [2.45, 2.75) is 13.8 Å². The van der Waals surface area contributed by atoms with Gasteiger partial charge in [0.1, 0.15) is 11.6 Å². The molecule has 17 heavy (non-hydrogen) atoms. The van der Waals surface area contributed by atoms with Crippen molar-refractivity contribution in [3.05, 3.63) is 29.6 Å². The van der Waals surface area contributed by atoms with Gasteiger partial charge in [0, 0.05) is 12.0 Å². The number of carbonyl (C=O) groups excluding carboxylic acids is 1. The number of hydrogen-bond donors (Lipinski definition) is 0. The zero-order chi connectivity index (χ0) is 12.7. The fourth-order valence-electron chi connectivity index (χ4n) is 1.14. The number of esters is 1. The number of halogens is 1. The summed E-state index contributed by atoms with van der Waals surface area (Å²) in [6.45, 7) is 4.20. The van der Waals surface area contributed by atoms with E-state index in [2.05, 4.69) is 16.6 Å². The zero-order valence-corrected chi connectivity index (χ0v) is 9.75. The molecule has 0 spiro atoms. The fraction of sp³-hybridized carbons (Fsp3) is 0.308. The van der Waals surface area contributed by atoms with Crippen LogP contribution in [0.1, 0.15) is 19.4 Å². The summed E-state index contributed by atoms with van der Waals surface area (Å²) < 4.78 is 23.2. The summed E-state index contributed by atoms with van der Waals surface area (Å²) in [4.78, 5) is 11.0. The van der Waals surface area contributed by atoms with E-state index < -0.39 is 11.8 Å². The first-order chi connectivity index (χ1) is 8.17. The molecule has 0 bridgehead atoms. The molecule has 4 heteroatoms. The number of ether oxygens (including phenoxy) is 2. The summed E-state index contributed by atoms with van der Waals surface area (Å²) in [6, 6.07) is 4.30. The normalized spacial score (nSPS) is 9.12. The summed E-state index contributed by atoms with van der Waals surface area (Å²) >= 11 is 0. The first kappa shape index (κ1) is 13.0. The lowest BCUT2D eigenvalue weighted by Gasteiger charge is -2.02. The molecule has 0 saturated carbocycles. The predicted molar refractivity (Wildman–Crippen MR) is 61.1 cm³/mol. The van der Waals surface area contributed by atoms with Crippen LogP contribution in [0.5, 0.6) is 5.75 Å². The van der Waals surface area contributed by atoms with Gasteiger partial charge in [0.25, 0.3) is 0 Å². The summed E-state index contributed by atoms with van der Waals surface area (Å²) in [5, 5.41) is 0. The van der Waals surface area contributed by atoms with Gasteiger partial charge in [-0.1, -0.05) is 5.92 Å². The molecular formula is C13H13FO3. The van der Waals surface area contributed by atoms with Crippen molar-refractivity contribution >= 4 is 5.97 Å². The van der Waals surface area contributed by atoms with E-state index in [4.69, 9.17) is 4.74 Å². The van der Waals surface area contributed by atoms with E-state index in [9.17, 15) is 9.18 Å². The van der Waals surface area contributed by atoms with Crippen LogP contribution in [0.3, 0.4) is 0 Å². The highest BCUT2D eigenvalue weighted by Gasteiger charge is 2.02. The van der Waals surface area contributed by atoms with Gasteiger partial charge in [-0.25, -0.2) is 9.18 Å². The molecule has 90 valence electrons. The van der Waals surface area contributed by atoms with E-state index in [1.807, 2.05) is 6.92 Å². The maximum Gasteiger partial charge on any atom is 0.384 e. The Hall–Kier alpha value is -2.02. The summed E-state index contributed by atoms with van der Waals surface area (Å²) in [5.41, 5.74) is 0.140. The second-order valence-corrected chi connectivity index (χ2v) is 3.05. The molecule has 0 N–H and O–H groups in total. The van der Waals surface area contributed by atoms with E-state index in [1.165, 1.54) is 12.1 Å². The minimum absolute atomic E-state index is 0.140. The van der Waals surface area contributed by atoms with Crippen LogP contribution in [0, 0.1) is 17.7 Å². The Balaban J connectivity index is 2.82. The lowest BCUT2D eigenvalue weighted by molar-refractivity contribution is -0.136. The molecule has 1 aromatic rings. The molecule has 0 aliphatic heterocycles. The first-order valence-electron chi connectivity index (χ1n) is 5.28. The van der Waals surface area contributed by atoms with Gasteiger partial charge in [-0.05, 0) is 26.0 Å². The van der Waals surface area contributed by atoms with Gasteiger partial charge in [0.05, 0.1) is 18.8 Å². The molecule has 1 aromatic carbocycles. The van der Waals surface area contributed by atoms with Gasteiger partial charge in [0.2, 0.25) is 0 Å². The Kier molecular flexibility index (Phi) is 5.02. The molecule has 0 aromatic heterocycles. The van der Waals surface area contributed by atoms with Crippen molar-refractivity contribution in [2.75, 3.05) is 13.2 Å². The summed E-state index contributed by atoms with van der Waals surface area (Å²) in [7, 11) is 0. The highest BCUT2D eigenvalue weighted by molar-refractivity contribution is 5.89. The average Bonchev–Trinajstić information content (AvgIpc) is 2.29. The third-order valence-corrected chi connectivity index (χ3v) is 1.83. The van der Waals surface area contributed by atoms with Gasteiger partial charge < -0.3 is 9.47 Å². The third-order valence-electron chi connectivity index (χ3n) is 1.83. The van der Waals surface area contributed by atoms with Crippen LogP contribution in [0.25, 0.3) is 0 Å². The summed E-state index contributed by atoms with van der Waals surface area (Å²) in [6.07, 6.45) is 0. The number of rotatable bonds is 3. The Labute approximate surface area is 99.5 Å². The Morgan fingerprint density at radius 1 is 1.35 bits per heavy atom. The SMILES string of the molecule is CCOC(=O)C#Cc1ccc(OCC)cc1F. The second-order valence-electron chi connectivity index (χ2n) is 3.05. The van der Waals surface area contributed by atoms with Crippen LogP contribution >= 0.6 is 0 Å². The number of carbonyl (C=O) groups is 1. The van der Waals surface area contributed by atoms with Crippen molar-refractivity contribution in [3.63, 3.8) is 0 Å². The largest absolute Gasteiger partial charge is 0.494 e. The molecular weight excluding hydrogens is 223 g/mol. The number of benzene rings is 1. The quantitative estimate of drug-likeness (QED) is 0.595. The zero-order valence-electron chi connectivity index (χ0n) is 9.75. The standard InChI is InChI=1S/C13H13FO3/c1-3-16-11-7-5-10(12(14)9-11)6-8-13(15)17-4-2/h5,7,9H,3-4H2,1-2H3. The highest BCUT2D eigenvalue weighted by atomic mass is 19.1. The van der Waals surface area contributed by atoms with E-state index >= 15 is 0 Å². The Morgan fingerprint density at radius 3 is 2.71 bits per heavy atom. The van der Waals surface area contributed by atoms with Crippen LogP contribution < -0.4 is 4.74 Å². The average molecular weight is 236 g/mol. The minimum Gasteiger partial charge on any atom is -0.494 e. The first-order valence-corrected chi connectivity index (χ1v) is 5.28. The van der Waals surface area contributed by atoms with E-state index in [0.717, 1.165) is 0 Å². The number of hydrogen-bond acceptors (Lipinski definition) is 3. The van der Waals surface area contributed by atoms with Crippen LogP contribution in [-0.4, -0.2) is 19.2 Å². The molecule has 0 fully saturated rings. The van der Waals surface area contributed by atoms with Gasteiger partial charge in [0.15, 0.2) is 0 Å². The van der Waals surface area contributed by atoms with Crippen LogP contribution in [0.4, 0.5) is 4.39 Å². The van der Waals surface area contributed by atoms with Crippen LogP contribution in [0.15, 0.2) is 18.2 Å². The lowest BCUT2D eigenvalue weighted by atomic mass is 10.2. The topological polar surface area (TPSA) is 35.5 Å². The van der Waals surface area contributed by atoms with Crippen molar-refractivity contribution in [1.82, 2.24) is 0 Å². The van der Waals surface area contributed by atoms with Gasteiger partial charge in [-0.3, -0.25) is 0 Å². The fourth-order valence-corrected chi connectivity index (χ4v) is 1.14. The molecule has 0 aliphatic carbocycles. The van der Waals surface area contributed by atoms with Crippen molar-refractivity contribution in [3.8, 4) is 17.6 Å². The minimum atomic E-state index is -0.666. The second kappa shape index (κ2) is 6.54. The molecule has 0 unspecified atom stereocenters. The molecule has 0 atom stereocenters. The molecule has 0 radical (unpaired) electrons. The van der Waals surface area contributed by atoms with Crippen molar-refractivity contribution in [2.24, 2.45) is 0 Å². The molecule has 1 rings (SSSR count). The van der Waals surface area contributed by atoms with Gasteiger partial charge in [-0.15, -0.1) is 0 Å². The monoisotopic (exact) mass is 236 g/mol. The predicted octanol–water partition coefficient (Wildman–Crippen LogP) is 2.14. The summed E-state index contributed by atoms with van der Waals surface area (Å²) in [5.74, 6) is 3.86. The smallest absolute Gasteiger partial charge is 0.384 e. The molecule has 0 amide bonds. The molecule has 3 nitrogen and oxygen atoms in total. The molecule has 0 heterocycles. The van der Waals surface area contributed by atoms with Crippen LogP contribution in [0.2, 0.25) is 0 Å². The van der Waals surface area contributed by atoms with E-state index in [0.29, 0.717) is 12.4 Å². The van der Waals surface area contributed by atoms with E-state index in [1.54, 1.807) is 13.0 Å². The Morgan fingerprint density at radius 2 is 2.12 bits per heavy atom. The third kappa shape index (κ3) is 4.15. The Bertz CT molecular complexity index is 457. The van der Waals surface area contributed by atoms with Crippen molar-refractivity contribution in [1.29, 1.82) is 0 Å². The van der Waals surface area contributed by atoms with Crippen molar-refractivity contribution < 1.29 is 18.7 Å². The molecule has 0 aliphatic rings. The maximum absolute atomic E-state index is 13.5. The molecule has 0 saturated heterocycles. The lowest BCUT2D eigenvalue weighted by Crippen LogP contribution is -2.00. The van der Waals surface area contributed by atoms with E-state index in [-0.39, 0.29) is 12.2 Å². The highest BCUT2D eigenvalue weighted by Crippen LogP contribution is 2.15. The maximum atomic E-state index is 13.5. The van der Waals surface area contributed by atoms with Gasteiger partial charge >= 0.3 is 5.97 Å². The van der Waals surface area contributed by atoms with Crippen LogP contribution in [-0.2, 0) is 9.53 Å². The van der Waals surface area contributed by atoms with Gasteiger partial charge in [-0.2, -0.15) is 0 Å².